The van der Waals surface area contributed by atoms with Gasteiger partial charge in [-0.15, -0.1) is 0 Å². The topological polar surface area (TPSA) is 68.1 Å². The van der Waals surface area contributed by atoms with Crippen molar-refractivity contribution in [3.8, 4) is 0 Å². The first-order valence-electron chi connectivity index (χ1n) is 11.8. The maximum absolute atomic E-state index is 13.2. The van der Waals surface area contributed by atoms with Crippen molar-refractivity contribution in [2.24, 2.45) is 0 Å². The van der Waals surface area contributed by atoms with E-state index in [9.17, 15) is 9.59 Å². The van der Waals surface area contributed by atoms with Crippen LogP contribution in [0.4, 0.5) is 0 Å². The van der Waals surface area contributed by atoms with Crippen molar-refractivity contribution in [3.05, 3.63) is 58.7 Å². The Balaban J connectivity index is 1.75. The Bertz CT molecular complexity index is 1740. The fourth-order valence-corrected chi connectivity index (χ4v) is 6.71. The van der Waals surface area contributed by atoms with E-state index in [2.05, 4.69) is 56.2 Å². The number of hydrogen-bond acceptors (Lipinski definition) is 3. The molecule has 8 rings (SSSR count). The molecule has 0 bridgehead atoms. The van der Waals surface area contributed by atoms with E-state index >= 15 is 0 Å². The Hall–Kier alpha value is -3.64. The van der Waals surface area contributed by atoms with E-state index in [0.717, 1.165) is 78.0 Å². The first-order valence-corrected chi connectivity index (χ1v) is 11.8. The largest absolute Gasteiger partial charge is 0.338 e. The van der Waals surface area contributed by atoms with Crippen LogP contribution in [-0.4, -0.2) is 27.5 Å². The summed E-state index contributed by atoms with van der Waals surface area (Å²) in [7, 11) is 0. The molecule has 0 unspecified atom stereocenters. The predicted molar refractivity (Wildman–Crippen MR) is 129 cm³/mol. The van der Waals surface area contributed by atoms with Crippen molar-refractivity contribution < 1.29 is 9.59 Å². The van der Waals surface area contributed by atoms with Gasteiger partial charge < -0.3 is 14.5 Å². The highest BCUT2D eigenvalue weighted by Gasteiger charge is 2.37. The van der Waals surface area contributed by atoms with Gasteiger partial charge in [-0.05, 0) is 36.9 Å². The van der Waals surface area contributed by atoms with Gasteiger partial charge in [0.2, 0.25) is 0 Å². The van der Waals surface area contributed by atoms with Crippen LogP contribution in [0.3, 0.4) is 0 Å². The van der Waals surface area contributed by atoms with E-state index in [-0.39, 0.29) is 11.8 Å². The standard InChI is InChI=1S/C27H22N4O2/c32-26-20-18-16-8-1-5-14-7-3-11-30(22(14)16)24(18)25-19(21(20)27(33)29-26)17-9-2-6-15-13-28-10-4-12-31(25)23(15)17/h1-2,5-6,8-9,28H,3-4,7,10-13H2,(H,29,32,33). The van der Waals surface area contributed by atoms with E-state index in [1.807, 2.05) is 0 Å². The molecule has 0 atom stereocenters. The first kappa shape index (κ1) is 17.9. The average molecular weight is 434 g/mol. The molecule has 0 radical (unpaired) electrons. The summed E-state index contributed by atoms with van der Waals surface area (Å²) in [5, 5.41) is 10.2. The number of nitrogens with one attached hydrogen (secondary N) is 2. The number of aromatic nitrogens is 2. The predicted octanol–water partition coefficient (Wildman–Crippen LogP) is 4.23. The Labute approximate surface area is 189 Å². The number of fused-ring (bicyclic) bond motifs is 10. The fourth-order valence-electron chi connectivity index (χ4n) is 6.71. The second-order valence-corrected chi connectivity index (χ2v) is 9.54. The Morgan fingerprint density at radius 3 is 2.00 bits per heavy atom. The van der Waals surface area contributed by atoms with Crippen LogP contribution in [0.1, 0.15) is 44.7 Å². The van der Waals surface area contributed by atoms with Crippen LogP contribution in [0.25, 0.3) is 43.6 Å². The lowest BCUT2D eigenvalue weighted by Gasteiger charge is -2.18. The molecule has 0 saturated carbocycles. The minimum Gasteiger partial charge on any atom is -0.338 e. The molecule has 2 N–H and O–H groups in total. The smallest absolute Gasteiger partial charge is 0.259 e. The molecule has 0 saturated heterocycles. The molecular weight excluding hydrogens is 412 g/mol. The monoisotopic (exact) mass is 434 g/mol. The zero-order chi connectivity index (χ0) is 21.8. The fraction of sp³-hybridized carbons (Fsp3) is 0.259. The minimum atomic E-state index is -0.272. The number of carbonyl (C=O) groups is 2. The summed E-state index contributed by atoms with van der Waals surface area (Å²) in [6.07, 6.45) is 3.14. The van der Waals surface area contributed by atoms with Gasteiger partial charge in [0.05, 0.1) is 33.2 Å². The van der Waals surface area contributed by atoms with Crippen molar-refractivity contribution in [1.82, 2.24) is 19.8 Å². The number of aryl methyl sites for hydroxylation is 3. The molecule has 3 aliphatic heterocycles. The van der Waals surface area contributed by atoms with Gasteiger partial charge in [-0.2, -0.15) is 0 Å². The highest BCUT2D eigenvalue weighted by Crippen LogP contribution is 2.47. The molecule has 2 amide bonds. The van der Waals surface area contributed by atoms with E-state index in [1.54, 1.807) is 0 Å². The van der Waals surface area contributed by atoms with Gasteiger partial charge in [0.1, 0.15) is 0 Å². The molecule has 0 spiro atoms. The lowest BCUT2D eigenvalue weighted by atomic mass is 9.96. The van der Waals surface area contributed by atoms with E-state index in [0.29, 0.717) is 11.1 Å². The number of carbonyl (C=O) groups excluding carboxylic acids is 2. The molecule has 5 heterocycles. The van der Waals surface area contributed by atoms with Crippen LogP contribution in [-0.2, 0) is 26.1 Å². The molecule has 0 aliphatic carbocycles. The summed E-state index contributed by atoms with van der Waals surface area (Å²) in [5.74, 6) is -0.542. The lowest BCUT2D eigenvalue weighted by Crippen LogP contribution is -2.20. The molecule has 6 nitrogen and oxygen atoms in total. The van der Waals surface area contributed by atoms with Gasteiger partial charge in [0.25, 0.3) is 11.8 Å². The molecular formula is C27H22N4O2. The highest BCUT2D eigenvalue weighted by atomic mass is 16.2. The lowest BCUT2D eigenvalue weighted by molar-refractivity contribution is 0.0880. The molecule has 5 aromatic rings. The van der Waals surface area contributed by atoms with Crippen LogP contribution < -0.4 is 10.6 Å². The SMILES string of the molecule is O=C1NC(=O)c2c1c1c3cccc4c3n(c1c1c2c2cccc3c2n1CCCNC3)CCC4. The molecule has 162 valence electrons. The summed E-state index contributed by atoms with van der Waals surface area (Å²) in [5.41, 5.74) is 8.33. The maximum atomic E-state index is 13.2. The molecule has 6 heteroatoms. The third-order valence-electron chi connectivity index (χ3n) is 7.87. The summed E-state index contributed by atoms with van der Waals surface area (Å²) < 4.78 is 4.87. The first-order chi connectivity index (χ1) is 16.2. The summed E-state index contributed by atoms with van der Waals surface area (Å²) >= 11 is 0. The highest BCUT2D eigenvalue weighted by molar-refractivity contribution is 6.39. The van der Waals surface area contributed by atoms with E-state index < -0.39 is 0 Å². The number of imide groups is 1. The molecule has 33 heavy (non-hydrogen) atoms. The quantitative estimate of drug-likeness (QED) is 0.359. The van der Waals surface area contributed by atoms with Gasteiger partial charge in [0, 0.05) is 41.2 Å². The van der Waals surface area contributed by atoms with Gasteiger partial charge in [-0.25, -0.2) is 0 Å². The third kappa shape index (κ3) is 2.04. The molecule has 3 aliphatic rings. The zero-order valence-corrected chi connectivity index (χ0v) is 18.1. The van der Waals surface area contributed by atoms with Gasteiger partial charge in [-0.1, -0.05) is 36.4 Å². The molecule has 0 fully saturated rings. The summed E-state index contributed by atoms with van der Waals surface area (Å²) in [6, 6.07) is 12.8. The van der Waals surface area contributed by atoms with Crippen molar-refractivity contribution >= 4 is 55.4 Å². The second kappa shape index (κ2) is 6.02. The van der Waals surface area contributed by atoms with Gasteiger partial charge in [-0.3, -0.25) is 14.9 Å². The van der Waals surface area contributed by atoms with Crippen LogP contribution >= 0.6 is 0 Å². The number of hydrogen-bond donors (Lipinski definition) is 2. The van der Waals surface area contributed by atoms with Gasteiger partial charge >= 0.3 is 0 Å². The van der Waals surface area contributed by atoms with E-state index in [1.165, 1.54) is 22.2 Å². The van der Waals surface area contributed by atoms with Crippen LogP contribution in [0, 0.1) is 0 Å². The third-order valence-corrected chi connectivity index (χ3v) is 7.87. The van der Waals surface area contributed by atoms with Crippen molar-refractivity contribution in [2.45, 2.75) is 38.9 Å². The second-order valence-electron chi connectivity index (χ2n) is 9.54. The minimum absolute atomic E-state index is 0.270. The number of amides is 2. The number of benzene rings is 3. The van der Waals surface area contributed by atoms with Gasteiger partial charge in [0.15, 0.2) is 0 Å². The van der Waals surface area contributed by atoms with Crippen LogP contribution in [0.2, 0.25) is 0 Å². The summed E-state index contributed by atoms with van der Waals surface area (Å²) in [4.78, 5) is 26.5. The zero-order valence-electron chi connectivity index (χ0n) is 18.1. The van der Waals surface area contributed by atoms with Crippen LogP contribution in [0.5, 0.6) is 0 Å². The van der Waals surface area contributed by atoms with Crippen molar-refractivity contribution in [1.29, 1.82) is 0 Å². The van der Waals surface area contributed by atoms with Crippen molar-refractivity contribution in [3.63, 3.8) is 0 Å². The number of para-hydroxylation sites is 2. The van der Waals surface area contributed by atoms with E-state index in [4.69, 9.17) is 0 Å². The Morgan fingerprint density at radius 2 is 1.30 bits per heavy atom. The average Bonchev–Trinajstić information content (AvgIpc) is 3.41. The summed E-state index contributed by atoms with van der Waals surface area (Å²) in [6.45, 7) is 3.56. The molecule has 2 aromatic heterocycles. The molecule has 3 aromatic carbocycles. The maximum Gasteiger partial charge on any atom is 0.259 e. The normalized spacial score (nSPS) is 17.7. The van der Waals surface area contributed by atoms with Crippen molar-refractivity contribution in [2.75, 3.05) is 6.54 Å². The Morgan fingerprint density at radius 1 is 0.697 bits per heavy atom. The number of rotatable bonds is 0. The van der Waals surface area contributed by atoms with Crippen LogP contribution in [0.15, 0.2) is 36.4 Å². The number of nitrogens with zero attached hydrogens (tertiary/aromatic N) is 2. The Kier molecular flexibility index (Phi) is 3.26.